The number of rotatable bonds is 6. The highest BCUT2D eigenvalue weighted by atomic mass is 16.5. The molecular weight excluding hydrogens is 270 g/mol. The van der Waals surface area contributed by atoms with Gasteiger partial charge in [-0.2, -0.15) is 5.26 Å². The van der Waals surface area contributed by atoms with Crippen LogP contribution in [0, 0.1) is 11.3 Å². The van der Waals surface area contributed by atoms with E-state index in [2.05, 4.69) is 15.4 Å². The summed E-state index contributed by atoms with van der Waals surface area (Å²) < 4.78 is 4.46. The number of anilines is 1. The Morgan fingerprint density at radius 2 is 2.00 bits per heavy atom. The molecule has 110 valence electrons. The molecule has 0 saturated carbocycles. The minimum Gasteiger partial charge on any atom is -0.465 e. The molecule has 1 amide bonds. The van der Waals surface area contributed by atoms with Gasteiger partial charge in [-0.3, -0.25) is 4.79 Å². The van der Waals surface area contributed by atoms with Crippen LogP contribution in [0.1, 0.15) is 23.7 Å². The van der Waals surface area contributed by atoms with Gasteiger partial charge in [0.1, 0.15) is 6.07 Å². The number of esters is 1. The highest BCUT2D eigenvalue weighted by molar-refractivity contribution is 5.94. The van der Waals surface area contributed by atoms with Crippen LogP contribution in [0.2, 0.25) is 0 Å². The van der Waals surface area contributed by atoms with Crippen LogP contribution in [0.5, 0.6) is 0 Å². The summed E-state index contributed by atoms with van der Waals surface area (Å²) in [4.78, 5) is 22.9. The number of benzene rings is 1. The van der Waals surface area contributed by atoms with E-state index in [-0.39, 0.29) is 11.5 Å². The normalized spacial score (nSPS) is 10.4. The molecule has 6 nitrogen and oxygen atoms in total. The van der Waals surface area contributed by atoms with Gasteiger partial charge < -0.3 is 15.4 Å². The van der Waals surface area contributed by atoms with Crippen molar-refractivity contribution in [3.63, 3.8) is 0 Å². The fourth-order valence-electron chi connectivity index (χ4n) is 1.46. The van der Waals surface area contributed by atoms with Crippen LogP contribution in [0.4, 0.5) is 5.69 Å². The monoisotopic (exact) mass is 287 g/mol. The number of ether oxygens (including phenoxy) is 1. The summed E-state index contributed by atoms with van der Waals surface area (Å²) in [5.74, 6) is -0.841. The molecule has 0 radical (unpaired) electrons. The molecule has 1 aromatic rings. The zero-order valence-corrected chi connectivity index (χ0v) is 12.0. The summed E-state index contributed by atoms with van der Waals surface area (Å²) in [5.41, 5.74) is 1.06. The van der Waals surface area contributed by atoms with Crippen molar-refractivity contribution in [2.24, 2.45) is 0 Å². The molecule has 0 atom stereocenters. The molecule has 2 N–H and O–H groups in total. The van der Waals surface area contributed by atoms with Gasteiger partial charge in [0, 0.05) is 24.0 Å². The maximum Gasteiger partial charge on any atom is 0.350 e. The van der Waals surface area contributed by atoms with Gasteiger partial charge in [-0.1, -0.05) is 6.92 Å². The molecule has 0 saturated heterocycles. The largest absolute Gasteiger partial charge is 0.465 e. The molecule has 6 heteroatoms. The quantitative estimate of drug-likeness (QED) is 0.473. The lowest BCUT2D eigenvalue weighted by Gasteiger charge is -2.05. The van der Waals surface area contributed by atoms with Gasteiger partial charge >= 0.3 is 5.97 Å². The number of amides is 1. The van der Waals surface area contributed by atoms with E-state index in [1.54, 1.807) is 30.3 Å². The van der Waals surface area contributed by atoms with Crippen molar-refractivity contribution in [1.29, 1.82) is 5.26 Å². The maximum absolute atomic E-state index is 11.7. The van der Waals surface area contributed by atoms with E-state index in [0.717, 1.165) is 6.42 Å². The average Bonchev–Trinajstić information content (AvgIpc) is 2.53. The first-order valence-corrected chi connectivity index (χ1v) is 6.45. The molecule has 0 heterocycles. The number of methoxy groups -OCH3 is 1. The Morgan fingerprint density at radius 1 is 1.33 bits per heavy atom. The molecule has 0 spiro atoms. The third-order valence-corrected chi connectivity index (χ3v) is 2.59. The smallest absolute Gasteiger partial charge is 0.350 e. The lowest BCUT2D eigenvalue weighted by molar-refractivity contribution is -0.135. The van der Waals surface area contributed by atoms with Crippen molar-refractivity contribution in [2.75, 3.05) is 19.0 Å². The number of hydrogen-bond acceptors (Lipinski definition) is 5. The summed E-state index contributed by atoms with van der Waals surface area (Å²) in [6.07, 6.45) is 2.14. The van der Waals surface area contributed by atoms with Crippen LogP contribution in [0.15, 0.2) is 36.0 Å². The van der Waals surface area contributed by atoms with E-state index < -0.39 is 5.97 Å². The van der Waals surface area contributed by atoms with Gasteiger partial charge in [-0.25, -0.2) is 4.79 Å². The first kappa shape index (κ1) is 16.2. The van der Waals surface area contributed by atoms with Gasteiger partial charge in [0.2, 0.25) is 0 Å². The van der Waals surface area contributed by atoms with E-state index in [0.29, 0.717) is 17.8 Å². The molecule has 0 aliphatic carbocycles. The Labute approximate surface area is 123 Å². The van der Waals surface area contributed by atoms with Gasteiger partial charge in [-0.05, 0) is 30.7 Å². The number of nitrogens with one attached hydrogen (secondary N) is 2. The van der Waals surface area contributed by atoms with Crippen molar-refractivity contribution in [2.45, 2.75) is 13.3 Å². The molecule has 21 heavy (non-hydrogen) atoms. The Bertz CT molecular complexity index is 571. The summed E-state index contributed by atoms with van der Waals surface area (Å²) in [5, 5.41) is 14.4. The fraction of sp³-hybridized carbons (Fsp3) is 0.267. The van der Waals surface area contributed by atoms with Gasteiger partial charge in [-0.15, -0.1) is 0 Å². The first-order valence-electron chi connectivity index (χ1n) is 6.45. The highest BCUT2D eigenvalue weighted by Crippen LogP contribution is 2.10. The molecule has 0 aromatic heterocycles. The predicted octanol–water partition coefficient (Wildman–Crippen LogP) is 1.82. The summed E-state index contributed by atoms with van der Waals surface area (Å²) >= 11 is 0. The van der Waals surface area contributed by atoms with E-state index in [4.69, 9.17) is 5.26 Å². The van der Waals surface area contributed by atoms with Crippen molar-refractivity contribution in [3.05, 3.63) is 41.6 Å². The lowest BCUT2D eigenvalue weighted by Crippen LogP contribution is -2.23. The third kappa shape index (κ3) is 4.99. The Kier molecular flexibility index (Phi) is 6.48. The van der Waals surface area contributed by atoms with Crippen LogP contribution < -0.4 is 10.6 Å². The number of carbonyl (C=O) groups is 2. The van der Waals surface area contributed by atoms with Crippen molar-refractivity contribution in [3.8, 4) is 6.07 Å². The predicted molar refractivity (Wildman–Crippen MR) is 78.4 cm³/mol. The second-order valence-corrected chi connectivity index (χ2v) is 4.14. The van der Waals surface area contributed by atoms with Crippen molar-refractivity contribution < 1.29 is 14.3 Å². The third-order valence-electron chi connectivity index (χ3n) is 2.59. The van der Waals surface area contributed by atoms with Gasteiger partial charge in [0.25, 0.3) is 5.91 Å². The van der Waals surface area contributed by atoms with Crippen LogP contribution in [0.3, 0.4) is 0 Å². The second-order valence-electron chi connectivity index (χ2n) is 4.14. The SMILES string of the molecule is CCCNC(=O)c1ccc(N/C=C(/C#N)C(=O)OC)cc1. The zero-order chi connectivity index (χ0) is 15.7. The zero-order valence-electron chi connectivity index (χ0n) is 12.0. The molecule has 0 aliphatic rings. The van der Waals surface area contributed by atoms with E-state index in [1.807, 2.05) is 6.92 Å². The first-order chi connectivity index (χ1) is 10.1. The Balaban J connectivity index is 2.71. The van der Waals surface area contributed by atoms with Crippen LogP contribution in [-0.2, 0) is 9.53 Å². The number of hydrogen-bond donors (Lipinski definition) is 2. The van der Waals surface area contributed by atoms with Crippen LogP contribution in [-0.4, -0.2) is 25.5 Å². The Morgan fingerprint density at radius 3 is 2.52 bits per heavy atom. The molecule has 1 rings (SSSR count). The number of nitriles is 1. The minimum atomic E-state index is -0.708. The summed E-state index contributed by atoms with van der Waals surface area (Å²) in [7, 11) is 1.21. The minimum absolute atomic E-state index is 0.133. The van der Waals surface area contributed by atoms with E-state index in [9.17, 15) is 9.59 Å². The molecule has 0 unspecified atom stereocenters. The number of nitrogens with zero attached hydrogens (tertiary/aromatic N) is 1. The summed E-state index contributed by atoms with van der Waals surface area (Å²) in [6, 6.07) is 8.42. The number of carbonyl (C=O) groups excluding carboxylic acids is 2. The highest BCUT2D eigenvalue weighted by Gasteiger charge is 2.08. The Hall–Kier alpha value is -2.81. The molecule has 1 aromatic carbocycles. The van der Waals surface area contributed by atoms with Crippen LogP contribution >= 0.6 is 0 Å². The molecule has 0 aliphatic heterocycles. The van der Waals surface area contributed by atoms with Crippen LogP contribution in [0.25, 0.3) is 0 Å². The summed E-state index contributed by atoms with van der Waals surface area (Å²) in [6.45, 7) is 2.61. The lowest BCUT2D eigenvalue weighted by atomic mass is 10.2. The maximum atomic E-state index is 11.7. The topological polar surface area (TPSA) is 91.2 Å². The average molecular weight is 287 g/mol. The van der Waals surface area contributed by atoms with Crippen molar-refractivity contribution in [1.82, 2.24) is 5.32 Å². The molecular formula is C15H17N3O3. The molecule has 0 fully saturated rings. The van der Waals surface area contributed by atoms with Crippen molar-refractivity contribution >= 4 is 17.6 Å². The molecule has 0 bridgehead atoms. The van der Waals surface area contributed by atoms with E-state index >= 15 is 0 Å². The second kappa shape index (κ2) is 8.38. The standard InChI is InChI=1S/C15H17N3O3/c1-3-8-17-14(19)11-4-6-13(7-5-11)18-10-12(9-16)15(20)21-2/h4-7,10,18H,3,8H2,1-2H3,(H,17,19)/b12-10-. The van der Waals surface area contributed by atoms with Gasteiger partial charge in [0.05, 0.1) is 7.11 Å². The fourth-order valence-corrected chi connectivity index (χ4v) is 1.46. The van der Waals surface area contributed by atoms with E-state index in [1.165, 1.54) is 13.3 Å². The van der Waals surface area contributed by atoms with Gasteiger partial charge in [0.15, 0.2) is 5.57 Å².